The van der Waals surface area contributed by atoms with Crippen molar-refractivity contribution in [3.8, 4) is 0 Å². The number of aromatic nitrogens is 2. The number of nitrogens with zero attached hydrogens (tertiary/aromatic N) is 3. The fraction of sp³-hybridized carbons (Fsp3) is 0.565. The highest BCUT2D eigenvalue weighted by molar-refractivity contribution is 5.79. The van der Waals surface area contributed by atoms with Gasteiger partial charge in [-0.25, -0.2) is 0 Å². The lowest BCUT2D eigenvalue weighted by Crippen LogP contribution is -2.43. The Morgan fingerprint density at radius 3 is 2.76 bits per heavy atom. The van der Waals surface area contributed by atoms with Gasteiger partial charge in [0.05, 0.1) is 6.54 Å². The van der Waals surface area contributed by atoms with E-state index in [0.29, 0.717) is 5.41 Å². The van der Waals surface area contributed by atoms with E-state index < -0.39 is 0 Å². The quantitative estimate of drug-likeness (QED) is 0.365. The normalized spacial score (nSPS) is 16.1. The van der Waals surface area contributed by atoms with E-state index in [9.17, 15) is 0 Å². The van der Waals surface area contributed by atoms with E-state index in [-0.39, 0.29) is 0 Å². The molecule has 0 spiro atoms. The molecule has 1 aromatic carbocycles. The molecule has 3 rings (SSSR count). The molecule has 0 radical (unpaired) electrons. The molecular formula is C23H35N5O. The highest BCUT2D eigenvalue weighted by Gasteiger charge is 2.33. The minimum absolute atomic E-state index is 0.344. The largest absolute Gasteiger partial charge is 0.382 e. The Labute approximate surface area is 174 Å². The smallest absolute Gasteiger partial charge is 0.191 e. The first-order valence-electron chi connectivity index (χ1n) is 10.8. The van der Waals surface area contributed by atoms with Crippen molar-refractivity contribution in [2.24, 2.45) is 10.4 Å². The first-order valence-corrected chi connectivity index (χ1v) is 10.8. The summed E-state index contributed by atoms with van der Waals surface area (Å²) in [5, 5.41) is 11.3. The maximum atomic E-state index is 5.63. The lowest BCUT2D eigenvalue weighted by atomic mass is 9.83. The SMILES string of the molecule is CCOCCC1(CNC(=NC)NCc2cccc(Cn3cccn3)c2)CCCC1. The number of hydrogen-bond acceptors (Lipinski definition) is 3. The average molecular weight is 398 g/mol. The van der Waals surface area contributed by atoms with E-state index in [2.05, 4.69) is 51.9 Å². The number of benzene rings is 1. The summed E-state index contributed by atoms with van der Waals surface area (Å²) in [5.74, 6) is 0.866. The molecule has 1 fully saturated rings. The predicted molar refractivity (Wildman–Crippen MR) is 118 cm³/mol. The van der Waals surface area contributed by atoms with E-state index in [1.807, 2.05) is 30.2 Å². The van der Waals surface area contributed by atoms with Crippen LogP contribution in [0.2, 0.25) is 0 Å². The molecule has 0 bridgehead atoms. The van der Waals surface area contributed by atoms with Gasteiger partial charge in [0.25, 0.3) is 0 Å². The Bertz CT molecular complexity index is 750. The maximum absolute atomic E-state index is 5.63. The van der Waals surface area contributed by atoms with Gasteiger partial charge >= 0.3 is 0 Å². The third-order valence-corrected chi connectivity index (χ3v) is 5.85. The molecule has 29 heavy (non-hydrogen) atoms. The summed E-state index contributed by atoms with van der Waals surface area (Å²) in [7, 11) is 1.84. The average Bonchev–Trinajstić information content (AvgIpc) is 3.41. The van der Waals surface area contributed by atoms with Gasteiger partial charge in [-0.1, -0.05) is 37.1 Å². The molecule has 6 heteroatoms. The van der Waals surface area contributed by atoms with Crippen molar-refractivity contribution < 1.29 is 4.74 Å². The van der Waals surface area contributed by atoms with Crippen molar-refractivity contribution in [3.05, 3.63) is 53.9 Å². The molecule has 1 saturated carbocycles. The van der Waals surface area contributed by atoms with Gasteiger partial charge in [-0.2, -0.15) is 5.10 Å². The van der Waals surface area contributed by atoms with Gasteiger partial charge in [-0.05, 0) is 48.8 Å². The minimum Gasteiger partial charge on any atom is -0.382 e. The second-order valence-corrected chi connectivity index (χ2v) is 7.96. The molecule has 0 amide bonds. The first-order chi connectivity index (χ1) is 14.2. The molecule has 1 aromatic heterocycles. The van der Waals surface area contributed by atoms with E-state index >= 15 is 0 Å². The molecule has 0 saturated heterocycles. The van der Waals surface area contributed by atoms with Crippen LogP contribution in [0.1, 0.15) is 50.2 Å². The summed E-state index contributed by atoms with van der Waals surface area (Å²) in [4.78, 5) is 4.42. The molecule has 1 aliphatic carbocycles. The summed E-state index contributed by atoms with van der Waals surface area (Å²) in [6.45, 7) is 6.21. The topological polar surface area (TPSA) is 63.5 Å². The molecule has 1 aliphatic rings. The minimum atomic E-state index is 0.344. The highest BCUT2D eigenvalue weighted by atomic mass is 16.5. The van der Waals surface area contributed by atoms with Crippen LogP contribution in [0.5, 0.6) is 0 Å². The number of hydrogen-bond donors (Lipinski definition) is 2. The maximum Gasteiger partial charge on any atom is 0.191 e. The molecule has 0 atom stereocenters. The van der Waals surface area contributed by atoms with Crippen molar-refractivity contribution in [3.63, 3.8) is 0 Å². The summed E-state index contributed by atoms with van der Waals surface area (Å²) in [6, 6.07) is 10.6. The van der Waals surface area contributed by atoms with Crippen LogP contribution in [-0.4, -0.2) is 42.5 Å². The summed E-state index contributed by atoms with van der Waals surface area (Å²) >= 11 is 0. The number of guanidine groups is 1. The second-order valence-electron chi connectivity index (χ2n) is 7.96. The molecule has 158 valence electrons. The van der Waals surface area contributed by atoms with Crippen molar-refractivity contribution in [2.45, 2.75) is 52.1 Å². The van der Waals surface area contributed by atoms with Gasteiger partial charge in [-0.15, -0.1) is 0 Å². The fourth-order valence-electron chi connectivity index (χ4n) is 4.17. The molecule has 0 unspecified atom stereocenters. The summed E-state index contributed by atoms with van der Waals surface area (Å²) < 4.78 is 7.57. The van der Waals surface area contributed by atoms with Gasteiger partial charge in [0.2, 0.25) is 0 Å². The standard InChI is InChI=1S/C23H35N5O/c1-3-29-15-12-23(10-4-5-11-23)19-26-22(24-2)25-17-20-8-6-9-21(16-20)18-28-14-7-13-27-28/h6-9,13-14,16H,3-5,10-12,15,17-19H2,1-2H3,(H2,24,25,26). The van der Waals surface area contributed by atoms with E-state index in [4.69, 9.17) is 4.74 Å². The molecule has 2 aromatic rings. The van der Waals surface area contributed by atoms with Crippen molar-refractivity contribution in [1.82, 2.24) is 20.4 Å². The Balaban J connectivity index is 1.50. The van der Waals surface area contributed by atoms with Crippen molar-refractivity contribution in [2.75, 3.05) is 26.8 Å². The second kappa shape index (κ2) is 11.0. The number of aliphatic imine (C=N–C) groups is 1. The lowest BCUT2D eigenvalue weighted by molar-refractivity contribution is 0.105. The van der Waals surface area contributed by atoms with Gasteiger partial charge in [0.15, 0.2) is 5.96 Å². The summed E-state index contributed by atoms with van der Waals surface area (Å²) in [6.07, 6.45) is 10.1. The zero-order valence-corrected chi connectivity index (χ0v) is 17.9. The van der Waals surface area contributed by atoms with E-state index in [1.165, 1.54) is 36.8 Å². The van der Waals surface area contributed by atoms with E-state index in [1.54, 1.807) is 0 Å². The fourth-order valence-corrected chi connectivity index (χ4v) is 4.17. The van der Waals surface area contributed by atoms with Crippen LogP contribution in [0.3, 0.4) is 0 Å². The summed E-state index contributed by atoms with van der Waals surface area (Å²) in [5.41, 5.74) is 2.83. The molecule has 0 aliphatic heterocycles. The van der Waals surface area contributed by atoms with E-state index in [0.717, 1.165) is 45.2 Å². The van der Waals surface area contributed by atoms with Crippen LogP contribution < -0.4 is 10.6 Å². The zero-order chi connectivity index (χ0) is 20.4. The first kappa shape index (κ1) is 21.4. The Hall–Kier alpha value is -2.34. The molecule has 1 heterocycles. The van der Waals surface area contributed by atoms with Gasteiger partial charge < -0.3 is 15.4 Å². The van der Waals surface area contributed by atoms with Gasteiger partial charge in [0, 0.05) is 45.7 Å². The molecule has 6 nitrogen and oxygen atoms in total. The Morgan fingerprint density at radius 1 is 1.21 bits per heavy atom. The Kier molecular flexibility index (Phi) is 8.11. The number of rotatable bonds is 10. The van der Waals surface area contributed by atoms with Crippen molar-refractivity contribution >= 4 is 5.96 Å². The van der Waals surface area contributed by atoms with Gasteiger partial charge in [-0.3, -0.25) is 9.67 Å². The number of nitrogens with one attached hydrogen (secondary N) is 2. The van der Waals surface area contributed by atoms with Crippen LogP contribution >= 0.6 is 0 Å². The van der Waals surface area contributed by atoms with Crippen molar-refractivity contribution in [1.29, 1.82) is 0 Å². The third kappa shape index (κ3) is 6.60. The monoisotopic (exact) mass is 397 g/mol. The van der Waals surface area contributed by atoms with Gasteiger partial charge in [0.1, 0.15) is 0 Å². The number of ether oxygens (including phenoxy) is 1. The van der Waals surface area contributed by atoms with Crippen LogP contribution in [0.25, 0.3) is 0 Å². The van der Waals surface area contributed by atoms with Crippen LogP contribution in [0.15, 0.2) is 47.7 Å². The zero-order valence-electron chi connectivity index (χ0n) is 17.9. The van der Waals surface area contributed by atoms with Crippen LogP contribution in [-0.2, 0) is 17.8 Å². The third-order valence-electron chi connectivity index (χ3n) is 5.85. The lowest BCUT2D eigenvalue weighted by Gasteiger charge is -2.30. The Morgan fingerprint density at radius 2 is 2.03 bits per heavy atom. The predicted octanol–water partition coefficient (Wildman–Crippen LogP) is 3.58. The van der Waals surface area contributed by atoms with Crippen LogP contribution in [0, 0.1) is 5.41 Å². The highest BCUT2D eigenvalue weighted by Crippen LogP contribution is 2.40. The molecule has 2 N–H and O–H groups in total. The molecular weight excluding hydrogens is 362 g/mol. The van der Waals surface area contributed by atoms with Crippen LogP contribution in [0.4, 0.5) is 0 Å².